The Hall–Kier alpha value is -1.80. The Labute approximate surface area is 177 Å². The van der Waals surface area contributed by atoms with E-state index in [-0.39, 0.29) is 6.04 Å². The Kier molecular flexibility index (Phi) is 8.97. The van der Waals surface area contributed by atoms with E-state index in [9.17, 15) is 18.3 Å². The van der Waals surface area contributed by atoms with Crippen LogP contribution in [0.4, 0.5) is 13.2 Å². The van der Waals surface area contributed by atoms with Gasteiger partial charge in [-0.15, -0.1) is 0 Å². The lowest BCUT2D eigenvalue weighted by atomic mass is 9.98. The minimum Gasteiger partial charge on any atom is -0.388 e. The lowest BCUT2D eigenvalue weighted by Crippen LogP contribution is -2.49. The van der Waals surface area contributed by atoms with Gasteiger partial charge in [0.25, 0.3) is 0 Å². The Morgan fingerprint density at radius 3 is 2.40 bits per heavy atom. The Balaban J connectivity index is 1.88. The van der Waals surface area contributed by atoms with E-state index in [1.54, 1.807) is 6.07 Å². The normalized spacial score (nSPS) is 17.2. The zero-order valence-corrected chi connectivity index (χ0v) is 18.2. The Morgan fingerprint density at radius 1 is 1.17 bits per heavy atom. The summed E-state index contributed by atoms with van der Waals surface area (Å²) >= 11 is 0. The van der Waals surface area contributed by atoms with Crippen molar-refractivity contribution in [3.8, 4) is 0 Å². The molecule has 0 saturated carbocycles. The van der Waals surface area contributed by atoms with Crippen molar-refractivity contribution in [2.75, 3.05) is 26.2 Å². The number of hydrogen-bond donors (Lipinski definition) is 3. The predicted octanol–water partition coefficient (Wildman–Crippen LogP) is 3.78. The summed E-state index contributed by atoms with van der Waals surface area (Å²) < 4.78 is 38.7. The number of hydrogen-bond acceptors (Lipinski definition) is 3. The third-order valence-corrected chi connectivity index (χ3v) is 5.78. The molecule has 1 saturated heterocycles. The van der Waals surface area contributed by atoms with Crippen molar-refractivity contribution >= 4 is 5.96 Å². The molecule has 0 atom stereocenters. The van der Waals surface area contributed by atoms with Crippen LogP contribution < -0.4 is 10.6 Å². The first kappa shape index (κ1) is 24.5. The zero-order chi connectivity index (χ0) is 22.2. The van der Waals surface area contributed by atoms with Gasteiger partial charge < -0.3 is 15.7 Å². The molecule has 3 N–H and O–H groups in total. The van der Waals surface area contributed by atoms with Crippen molar-refractivity contribution in [1.82, 2.24) is 15.5 Å². The number of guanidine groups is 1. The molecule has 5 nitrogen and oxygen atoms in total. The van der Waals surface area contributed by atoms with Crippen LogP contribution in [-0.2, 0) is 12.7 Å². The Morgan fingerprint density at radius 2 is 1.83 bits per heavy atom. The molecule has 30 heavy (non-hydrogen) atoms. The molecule has 1 heterocycles. The van der Waals surface area contributed by atoms with Crippen molar-refractivity contribution in [2.45, 2.75) is 70.8 Å². The smallest absolute Gasteiger partial charge is 0.388 e. The van der Waals surface area contributed by atoms with Crippen LogP contribution in [0.3, 0.4) is 0 Å². The molecule has 1 aliphatic heterocycles. The van der Waals surface area contributed by atoms with Gasteiger partial charge in [-0.2, -0.15) is 13.2 Å². The van der Waals surface area contributed by atoms with Gasteiger partial charge >= 0.3 is 6.18 Å². The first-order valence-corrected chi connectivity index (χ1v) is 10.8. The monoisotopic (exact) mass is 428 g/mol. The van der Waals surface area contributed by atoms with Crippen molar-refractivity contribution < 1.29 is 18.3 Å². The number of nitrogens with zero attached hydrogens (tertiary/aromatic N) is 2. The second-order valence-electron chi connectivity index (χ2n) is 8.02. The van der Waals surface area contributed by atoms with Crippen molar-refractivity contribution in [3.63, 3.8) is 0 Å². The van der Waals surface area contributed by atoms with Gasteiger partial charge in [0.15, 0.2) is 5.96 Å². The van der Waals surface area contributed by atoms with Crippen LogP contribution in [0.15, 0.2) is 29.3 Å². The number of benzene rings is 1. The summed E-state index contributed by atoms with van der Waals surface area (Å²) in [5.74, 6) is 0.703. The first-order chi connectivity index (χ1) is 14.2. The highest BCUT2D eigenvalue weighted by atomic mass is 19.4. The second kappa shape index (κ2) is 11.0. The fourth-order valence-electron chi connectivity index (χ4n) is 3.55. The molecule has 1 aromatic carbocycles. The molecule has 1 aliphatic rings. The average Bonchev–Trinajstić information content (AvgIpc) is 2.73. The molecule has 0 bridgehead atoms. The largest absolute Gasteiger partial charge is 0.416 e. The van der Waals surface area contributed by atoms with Crippen LogP contribution in [0.1, 0.15) is 57.6 Å². The topological polar surface area (TPSA) is 59.9 Å². The van der Waals surface area contributed by atoms with Crippen molar-refractivity contribution in [1.29, 1.82) is 0 Å². The summed E-state index contributed by atoms with van der Waals surface area (Å²) in [5, 5.41) is 17.1. The van der Waals surface area contributed by atoms with E-state index in [1.165, 1.54) is 12.1 Å². The van der Waals surface area contributed by atoms with Gasteiger partial charge in [-0.3, -0.25) is 9.89 Å². The van der Waals surface area contributed by atoms with Gasteiger partial charge in [0.05, 0.1) is 17.7 Å². The number of rotatable bonds is 8. The standard InChI is InChI=1S/C22H35F3N4O/c1-4-21(30,5-2)16-27-20(26-6-3)28-19-10-12-29(13-11-19)15-17-8-7-9-18(14-17)22(23,24)25/h7-9,14,19,30H,4-6,10-13,15-16H2,1-3H3,(H2,26,27,28). The van der Waals surface area contributed by atoms with Crippen LogP contribution in [0.5, 0.6) is 0 Å². The van der Waals surface area contributed by atoms with E-state index >= 15 is 0 Å². The quantitative estimate of drug-likeness (QED) is 0.436. The maximum atomic E-state index is 12.9. The molecule has 1 aromatic rings. The highest BCUT2D eigenvalue weighted by molar-refractivity contribution is 5.80. The minimum atomic E-state index is -4.31. The van der Waals surface area contributed by atoms with Crippen molar-refractivity contribution in [3.05, 3.63) is 35.4 Å². The van der Waals surface area contributed by atoms with Crippen LogP contribution >= 0.6 is 0 Å². The molecule has 0 aromatic heterocycles. The number of nitrogens with one attached hydrogen (secondary N) is 2. The Bertz CT molecular complexity index is 681. The number of alkyl halides is 3. The van der Waals surface area contributed by atoms with Crippen LogP contribution in [0.2, 0.25) is 0 Å². The van der Waals surface area contributed by atoms with Crippen LogP contribution in [0, 0.1) is 0 Å². The summed E-state index contributed by atoms with van der Waals surface area (Å²) in [5.41, 5.74) is -0.692. The summed E-state index contributed by atoms with van der Waals surface area (Å²) in [6, 6.07) is 5.82. The highest BCUT2D eigenvalue weighted by Gasteiger charge is 2.30. The molecule has 0 amide bonds. The molecule has 8 heteroatoms. The van der Waals surface area contributed by atoms with Gasteiger partial charge in [0.1, 0.15) is 0 Å². The maximum absolute atomic E-state index is 12.9. The molecule has 170 valence electrons. The predicted molar refractivity (Wildman–Crippen MR) is 114 cm³/mol. The van der Waals surface area contributed by atoms with E-state index in [0.717, 1.165) is 38.5 Å². The average molecular weight is 429 g/mol. The fraction of sp³-hybridized carbons (Fsp3) is 0.682. The van der Waals surface area contributed by atoms with E-state index in [4.69, 9.17) is 0 Å². The minimum absolute atomic E-state index is 0.247. The zero-order valence-electron chi connectivity index (χ0n) is 18.2. The second-order valence-corrected chi connectivity index (χ2v) is 8.02. The van der Waals surface area contributed by atoms with Crippen molar-refractivity contribution in [2.24, 2.45) is 4.99 Å². The number of halogens is 3. The SMILES string of the molecule is CCNC(=NCC(O)(CC)CC)NC1CCN(Cc2cccc(C(F)(F)F)c2)CC1. The molecule has 0 spiro atoms. The highest BCUT2D eigenvalue weighted by Crippen LogP contribution is 2.30. The number of aliphatic imine (C=N–C) groups is 1. The molecule has 0 radical (unpaired) electrons. The van der Waals surface area contributed by atoms with Crippen LogP contribution in [0.25, 0.3) is 0 Å². The van der Waals surface area contributed by atoms with E-state index in [0.29, 0.717) is 37.5 Å². The lowest BCUT2D eigenvalue weighted by molar-refractivity contribution is -0.137. The maximum Gasteiger partial charge on any atom is 0.416 e. The number of likely N-dealkylation sites (tertiary alicyclic amines) is 1. The summed E-state index contributed by atoms with van der Waals surface area (Å²) in [7, 11) is 0. The fourth-order valence-corrected chi connectivity index (χ4v) is 3.55. The molecule has 2 rings (SSSR count). The molecular weight excluding hydrogens is 393 g/mol. The van der Waals surface area contributed by atoms with E-state index < -0.39 is 17.3 Å². The summed E-state index contributed by atoms with van der Waals surface area (Å²) in [4.78, 5) is 6.75. The van der Waals surface area contributed by atoms with Gasteiger partial charge in [0.2, 0.25) is 0 Å². The van der Waals surface area contributed by atoms with E-state index in [2.05, 4.69) is 20.5 Å². The van der Waals surface area contributed by atoms with Gasteiger partial charge in [-0.25, -0.2) is 0 Å². The van der Waals surface area contributed by atoms with Crippen LogP contribution in [-0.4, -0.2) is 53.8 Å². The third kappa shape index (κ3) is 7.47. The molecule has 0 unspecified atom stereocenters. The van der Waals surface area contributed by atoms with Gasteiger partial charge in [-0.1, -0.05) is 32.0 Å². The summed E-state index contributed by atoms with van der Waals surface area (Å²) in [6.07, 6.45) is -1.23. The molecular formula is C22H35F3N4O. The number of aliphatic hydroxyl groups is 1. The molecule has 0 aliphatic carbocycles. The van der Waals surface area contributed by atoms with Gasteiger partial charge in [0, 0.05) is 32.2 Å². The third-order valence-electron chi connectivity index (χ3n) is 5.78. The molecule has 1 fully saturated rings. The summed E-state index contributed by atoms with van der Waals surface area (Å²) in [6.45, 7) is 9.13. The lowest BCUT2D eigenvalue weighted by Gasteiger charge is -2.33. The van der Waals surface area contributed by atoms with E-state index in [1.807, 2.05) is 20.8 Å². The first-order valence-electron chi connectivity index (χ1n) is 10.8. The van der Waals surface area contributed by atoms with Gasteiger partial charge in [-0.05, 0) is 44.2 Å². The number of piperidine rings is 1.